The second-order valence-electron chi connectivity index (χ2n) is 5.10. The van der Waals surface area contributed by atoms with Crippen LogP contribution in [0.15, 0.2) is 24.5 Å². The van der Waals surface area contributed by atoms with Crippen molar-refractivity contribution in [2.45, 2.75) is 40.5 Å². The molecule has 6 nitrogen and oxygen atoms in total. The molecule has 0 aliphatic rings. The number of hydrogen-bond donors (Lipinski definition) is 1. The number of aromatic nitrogens is 4. The summed E-state index contributed by atoms with van der Waals surface area (Å²) in [5.41, 5.74) is 2.07. The maximum atomic E-state index is 4.27. The molecule has 2 heterocycles. The van der Waals surface area contributed by atoms with Gasteiger partial charge in [-0.2, -0.15) is 0 Å². The van der Waals surface area contributed by atoms with Gasteiger partial charge in [0.05, 0.1) is 0 Å². The van der Waals surface area contributed by atoms with Gasteiger partial charge in [0.1, 0.15) is 0 Å². The fraction of sp³-hybridized carbons (Fsp3) is 0.529. The van der Waals surface area contributed by atoms with Crippen molar-refractivity contribution in [2.75, 3.05) is 31.4 Å². The predicted octanol–water partition coefficient (Wildman–Crippen LogP) is 3.76. The minimum absolute atomic E-state index is 0. The molecule has 0 aliphatic carbocycles. The van der Waals surface area contributed by atoms with Gasteiger partial charge in [-0.25, -0.2) is 19.9 Å². The Morgan fingerprint density at radius 3 is 2.09 bits per heavy atom. The van der Waals surface area contributed by atoms with E-state index in [4.69, 9.17) is 0 Å². The molecule has 0 radical (unpaired) electrons. The molecule has 130 valence electrons. The summed E-state index contributed by atoms with van der Waals surface area (Å²) >= 11 is 0. The molecular formula is C17H32N6. The van der Waals surface area contributed by atoms with Crippen molar-refractivity contribution in [1.82, 2.24) is 19.9 Å². The monoisotopic (exact) mass is 320 g/mol. The van der Waals surface area contributed by atoms with Crippen molar-refractivity contribution in [3.63, 3.8) is 0 Å². The lowest BCUT2D eigenvalue weighted by molar-refractivity contribution is 0.816. The van der Waals surface area contributed by atoms with Gasteiger partial charge in [-0.1, -0.05) is 27.7 Å². The van der Waals surface area contributed by atoms with E-state index in [2.05, 4.69) is 39.1 Å². The molecule has 0 atom stereocenters. The predicted molar refractivity (Wildman–Crippen MR) is 100 cm³/mol. The lowest BCUT2D eigenvalue weighted by Gasteiger charge is -2.08. The third kappa shape index (κ3) is 8.09. The van der Waals surface area contributed by atoms with Gasteiger partial charge in [-0.05, 0) is 25.0 Å². The van der Waals surface area contributed by atoms with E-state index in [1.165, 1.54) is 0 Å². The summed E-state index contributed by atoms with van der Waals surface area (Å²) in [5, 5.41) is 2.90. The molecule has 0 bridgehead atoms. The van der Waals surface area contributed by atoms with Crippen LogP contribution in [-0.2, 0) is 0 Å². The number of aryl methyl sites for hydroxylation is 1. The first kappa shape index (κ1) is 20.8. The summed E-state index contributed by atoms with van der Waals surface area (Å²) in [4.78, 5) is 18.4. The Kier molecular flexibility index (Phi) is 10.2. The molecule has 2 aromatic heterocycles. The lowest BCUT2D eigenvalue weighted by atomic mass is 10.1. The lowest BCUT2D eigenvalue weighted by Crippen LogP contribution is -2.12. The second-order valence-corrected chi connectivity index (χ2v) is 5.10. The van der Waals surface area contributed by atoms with E-state index >= 15 is 0 Å². The number of nitrogens with one attached hydrogen (secondary N) is 1. The average Bonchev–Trinajstić information content (AvgIpc) is 2.57. The van der Waals surface area contributed by atoms with Crippen LogP contribution in [0.1, 0.15) is 46.4 Å². The highest BCUT2D eigenvalue weighted by atomic mass is 15.2. The van der Waals surface area contributed by atoms with Crippen molar-refractivity contribution < 1.29 is 1.43 Å². The van der Waals surface area contributed by atoms with Gasteiger partial charge in [-0.3, -0.25) is 0 Å². The standard InChI is InChI=1S/C8H13N3.C7H11N3.C2H6.H2/c1-6(2)7-4-5-10-8(9-3)11-7;1-6-4-5-8-7(9-6)10(2)3;1-2;/h4-6H,1-3H3,(H,9,10,11);4-5H,1-3H3;1-2H3;1H. The third-order valence-electron chi connectivity index (χ3n) is 2.67. The molecule has 6 heteroatoms. The summed E-state index contributed by atoms with van der Waals surface area (Å²) in [5.74, 6) is 1.92. The molecule has 0 spiro atoms. The summed E-state index contributed by atoms with van der Waals surface area (Å²) in [6.07, 6.45) is 3.53. The van der Waals surface area contributed by atoms with E-state index in [9.17, 15) is 0 Å². The van der Waals surface area contributed by atoms with Crippen molar-refractivity contribution in [3.8, 4) is 0 Å². The van der Waals surface area contributed by atoms with E-state index in [1.807, 2.05) is 58.9 Å². The maximum Gasteiger partial charge on any atom is 0.224 e. The van der Waals surface area contributed by atoms with Crippen LogP contribution in [0.3, 0.4) is 0 Å². The molecule has 23 heavy (non-hydrogen) atoms. The number of anilines is 2. The highest BCUT2D eigenvalue weighted by molar-refractivity contribution is 5.26. The van der Waals surface area contributed by atoms with Crippen LogP contribution in [0.25, 0.3) is 0 Å². The Balaban J connectivity index is 0. The third-order valence-corrected chi connectivity index (χ3v) is 2.67. The van der Waals surface area contributed by atoms with Crippen molar-refractivity contribution in [3.05, 3.63) is 35.9 Å². The minimum Gasteiger partial charge on any atom is -0.357 e. The Bertz CT molecular complexity index is 560. The zero-order valence-corrected chi connectivity index (χ0v) is 15.6. The van der Waals surface area contributed by atoms with Gasteiger partial charge >= 0.3 is 0 Å². The molecule has 2 aromatic rings. The van der Waals surface area contributed by atoms with Gasteiger partial charge in [0.25, 0.3) is 0 Å². The zero-order valence-electron chi connectivity index (χ0n) is 15.6. The van der Waals surface area contributed by atoms with Crippen LogP contribution in [0.4, 0.5) is 11.9 Å². The van der Waals surface area contributed by atoms with Gasteiger partial charge in [0, 0.05) is 46.4 Å². The number of hydrogen-bond acceptors (Lipinski definition) is 6. The minimum atomic E-state index is 0. The Labute approximate surface area is 141 Å². The smallest absolute Gasteiger partial charge is 0.224 e. The summed E-state index contributed by atoms with van der Waals surface area (Å²) < 4.78 is 0. The van der Waals surface area contributed by atoms with Crippen LogP contribution in [0.2, 0.25) is 0 Å². The molecule has 1 N–H and O–H groups in total. The molecule has 0 saturated carbocycles. The summed E-state index contributed by atoms with van der Waals surface area (Å²) in [6.45, 7) is 10.2. The van der Waals surface area contributed by atoms with E-state index in [0.717, 1.165) is 17.3 Å². The molecule has 0 aromatic carbocycles. The van der Waals surface area contributed by atoms with Gasteiger partial charge in [0.15, 0.2) is 0 Å². The largest absolute Gasteiger partial charge is 0.357 e. The average molecular weight is 320 g/mol. The highest BCUT2D eigenvalue weighted by Crippen LogP contribution is 2.11. The van der Waals surface area contributed by atoms with E-state index in [1.54, 1.807) is 12.4 Å². The highest BCUT2D eigenvalue weighted by Gasteiger charge is 2.00. The van der Waals surface area contributed by atoms with Crippen LogP contribution >= 0.6 is 0 Å². The Morgan fingerprint density at radius 2 is 1.65 bits per heavy atom. The number of rotatable bonds is 3. The molecule has 2 rings (SSSR count). The first-order valence-electron chi connectivity index (χ1n) is 7.91. The van der Waals surface area contributed by atoms with Crippen LogP contribution in [0.5, 0.6) is 0 Å². The van der Waals surface area contributed by atoms with E-state index < -0.39 is 0 Å². The van der Waals surface area contributed by atoms with Gasteiger partial charge < -0.3 is 10.2 Å². The van der Waals surface area contributed by atoms with Crippen LogP contribution < -0.4 is 10.2 Å². The topological polar surface area (TPSA) is 66.8 Å². The molecular weight excluding hydrogens is 288 g/mol. The Hall–Kier alpha value is -2.24. The normalized spacial score (nSPS) is 9.26. The maximum absolute atomic E-state index is 4.27. The fourth-order valence-corrected chi connectivity index (χ4v) is 1.47. The molecule has 0 aliphatic heterocycles. The summed E-state index contributed by atoms with van der Waals surface area (Å²) in [6, 6.07) is 3.82. The first-order chi connectivity index (χ1) is 10.9. The first-order valence-corrected chi connectivity index (χ1v) is 7.91. The van der Waals surface area contributed by atoms with E-state index in [0.29, 0.717) is 11.9 Å². The van der Waals surface area contributed by atoms with Gasteiger partial charge in [-0.15, -0.1) is 0 Å². The van der Waals surface area contributed by atoms with E-state index in [-0.39, 0.29) is 1.43 Å². The molecule has 0 saturated heterocycles. The molecule has 0 unspecified atom stereocenters. The van der Waals surface area contributed by atoms with Crippen LogP contribution in [-0.4, -0.2) is 41.1 Å². The SMILES string of the molecule is CC.CNc1nccc(C(C)C)n1.Cc1ccnc(N(C)C)n1.[HH]. The summed E-state index contributed by atoms with van der Waals surface area (Å²) in [7, 11) is 5.67. The molecule has 0 fully saturated rings. The van der Waals surface area contributed by atoms with Crippen molar-refractivity contribution in [2.24, 2.45) is 0 Å². The quantitative estimate of drug-likeness (QED) is 0.928. The molecule has 0 amide bonds. The number of nitrogens with zero attached hydrogens (tertiary/aromatic N) is 5. The fourth-order valence-electron chi connectivity index (χ4n) is 1.47. The zero-order chi connectivity index (χ0) is 17.8. The van der Waals surface area contributed by atoms with Crippen molar-refractivity contribution >= 4 is 11.9 Å². The van der Waals surface area contributed by atoms with Crippen LogP contribution in [0, 0.1) is 6.92 Å². The van der Waals surface area contributed by atoms with Gasteiger partial charge in [0.2, 0.25) is 11.9 Å². The Morgan fingerprint density at radius 1 is 1.04 bits per heavy atom. The van der Waals surface area contributed by atoms with Crippen molar-refractivity contribution in [1.29, 1.82) is 0 Å². The second kappa shape index (κ2) is 11.3.